The van der Waals surface area contributed by atoms with E-state index in [2.05, 4.69) is 6.92 Å². The smallest absolute Gasteiger partial charge is 0.115 e. The van der Waals surface area contributed by atoms with Crippen molar-refractivity contribution in [1.29, 1.82) is 0 Å². The first-order chi connectivity index (χ1) is 10.8. The van der Waals surface area contributed by atoms with E-state index in [0.717, 1.165) is 36.8 Å². The predicted octanol–water partition coefficient (Wildman–Crippen LogP) is 2.58. The van der Waals surface area contributed by atoms with E-state index < -0.39 is 12.2 Å². The van der Waals surface area contributed by atoms with Crippen molar-refractivity contribution in [3.63, 3.8) is 0 Å². The van der Waals surface area contributed by atoms with Crippen molar-refractivity contribution in [3.05, 3.63) is 29.3 Å². The Balaban J connectivity index is 1.76. The van der Waals surface area contributed by atoms with Crippen LogP contribution in [0.5, 0.6) is 5.75 Å². The van der Waals surface area contributed by atoms with E-state index in [1.54, 1.807) is 6.07 Å². The van der Waals surface area contributed by atoms with Gasteiger partial charge in [0, 0.05) is 0 Å². The van der Waals surface area contributed by atoms with Gasteiger partial charge in [0.2, 0.25) is 0 Å². The lowest BCUT2D eigenvalue weighted by Gasteiger charge is -2.49. The van der Waals surface area contributed by atoms with Crippen molar-refractivity contribution in [1.82, 2.24) is 0 Å². The molecule has 0 saturated heterocycles. The highest BCUT2D eigenvalue weighted by Gasteiger charge is 2.57. The molecule has 3 aliphatic rings. The topological polar surface area (TPSA) is 60.7 Å². The monoisotopic (exact) mass is 290 g/mol. The van der Waals surface area contributed by atoms with Gasteiger partial charge >= 0.3 is 0 Å². The summed E-state index contributed by atoms with van der Waals surface area (Å²) in [5, 5.41) is 30.5. The van der Waals surface area contributed by atoms with Crippen LogP contribution in [-0.2, 0) is 6.42 Å². The second-order valence-electron chi connectivity index (χ2n) is 7.40. The van der Waals surface area contributed by atoms with E-state index in [1.165, 1.54) is 0 Å². The van der Waals surface area contributed by atoms with Gasteiger partial charge in [-0.15, -0.1) is 0 Å². The van der Waals surface area contributed by atoms with Gasteiger partial charge in [-0.1, -0.05) is 13.0 Å². The van der Waals surface area contributed by atoms with Gasteiger partial charge in [0.25, 0.3) is 0 Å². The number of aliphatic hydroxyl groups is 2. The van der Waals surface area contributed by atoms with Crippen LogP contribution in [0.1, 0.15) is 52.4 Å². The Morgan fingerprint density at radius 2 is 2.14 bits per heavy atom. The summed E-state index contributed by atoms with van der Waals surface area (Å²) in [4.78, 5) is 0. The van der Waals surface area contributed by atoms with Crippen molar-refractivity contribution in [3.8, 4) is 5.75 Å². The number of rotatable bonds is 0. The molecule has 0 aromatic heterocycles. The van der Waals surface area contributed by atoms with Crippen LogP contribution in [0.25, 0.3) is 0 Å². The third-order valence-corrected chi connectivity index (χ3v) is 6.52. The minimum Gasteiger partial charge on any atom is -0.508 e. The predicted molar refractivity (Wildman–Crippen MR) is 80.1 cm³/mol. The minimum atomic E-state index is -0.645. The number of aromatic hydroxyl groups is 1. The first-order valence-corrected chi connectivity index (χ1v) is 8.02. The molecule has 0 bridgehead atoms. The molecule has 0 unspecified atom stereocenters. The lowest BCUT2D eigenvalue weighted by Crippen LogP contribution is -2.44. The average Bonchev–Trinajstić information content (AvgIpc) is 2.76. The maximum atomic E-state index is 10.4. The Hall–Kier alpha value is -1.06. The molecule has 0 radical (unpaired) electrons. The third-order valence-electron chi connectivity index (χ3n) is 6.52. The molecular formula is C18H24O3. The fourth-order valence-corrected chi connectivity index (χ4v) is 5.40. The number of hydrogen-bond acceptors (Lipinski definition) is 3. The molecule has 114 valence electrons. The van der Waals surface area contributed by atoms with Crippen LogP contribution in [0.15, 0.2) is 18.2 Å². The van der Waals surface area contributed by atoms with Crippen LogP contribution in [0.2, 0.25) is 0 Å². The molecule has 2 saturated carbocycles. The second kappa shape index (κ2) is 4.47. The Morgan fingerprint density at radius 3 is 2.95 bits per heavy atom. The first kappa shape index (κ1) is 11.5. The van der Waals surface area contributed by atoms with Gasteiger partial charge in [-0.2, -0.15) is 0 Å². The highest BCUT2D eigenvalue weighted by Crippen LogP contribution is 2.60. The molecule has 0 spiro atoms. The largest absolute Gasteiger partial charge is 0.508 e. The van der Waals surface area contributed by atoms with E-state index in [9.17, 15) is 15.3 Å². The summed E-state index contributed by atoms with van der Waals surface area (Å²) in [7, 11) is 0. The lowest BCUT2D eigenvalue weighted by atomic mass is 9.55. The number of benzene rings is 1. The molecule has 1 aromatic carbocycles. The van der Waals surface area contributed by atoms with Gasteiger partial charge in [-0.05, 0) is 78.5 Å². The number of hydrogen-bond donors (Lipinski definition) is 3. The zero-order valence-corrected chi connectivity index (χ0v) is 12.3. The lowest BCUT2D eigenvalue weighted by molar-refractivity contribution is -0.0505. The van der Waals surface area contributed by atoms with Crippen molar-refractivity contribution in [2.45, 2.75) is 57.2 Å². The Morgan fingerprint density at radius 1 is 1.33 bits per heavy atom. The fourth-order valence-electron chi connectivity index (χ4n) is 5.40. The average molecular weight is 290 g/mol. The van der Waals surface area contributed by atoms with Gasteiger partial charge < -0.3 is 15.3 Å². The van der Waals surface area contributed by atoms with E-state index in [0.29, 0.717) is 12.3 Å². The number of phenols is 1. The van der Waals surface area contributed by atoms with Gasteiger partial charge in [0.05, 0.1) is 14.9 Å². The number of phenolic OH excluding ortho intramolecular Hbond substituents is 1. The number of aliphatic hydroxyl groups excluding tert-OH is 2. The van der Waals surface area contributed by atoms with Crippen molar-refractivity contribution < 1.29 is 18.1 Å². The summed E-state index contributed by atoms with van der Waals surface area (Å²) < 4.78 is 16.0. The molecule has 4 rings (SSSR count). The molecular weight excluding hydrogens is 264 g/mol. The molecule has 3 N–H and O–H groups in total. The van der Waals surface area contributed by atoms with Crippen molar-refractivity contribution in [2.75, 3.05) is 0 Å². The zero-order chi connectivity index (χ0) is 16.5. The quantitative estimate of drug-likeness (QED) is 0.688. The van der Waals surface area contributed by atoms with Crippen LogP contribution in [-0.4, -0.2) is 27.5 Å². The summed E-state index contributed by atoms with van der Waals surface area (Å²) in [6.07, 6.45) is 2.81. The molecule has 1 aromatic rings. The standard InChI is InChI=1S/C18H24O3/c1-18-7-6-13-12-5-3-11(19)8-10(12)2-4-14(13)15(18)9-16(20)17(18)21/h3,5,8,13-17,19-21H,2,4,6-7,9H2,1H3/t13-,14-,15+,16-,17+,18+/m1/s1/i3D,8D. The molecule has 6 atom stereocenters. The Kier molecular flexibility index (Phi) is 2.45. The molecule has 3 aliphatic carbocycles. The highest BCUT2D eigenvalue weighted by molar-refractivity contribution is 5.40. The van der Waals surface area contributed by atoms with E-state index in [1.807, 2.05) is 0 Å². The van der Waals surface area contributed by atoms with E-state index in [4.69, 9.17) is 2.74 Å². The fraction of sp³-hybridized carbons (Fsp3) is 0.667. The molecule has 0 heterocycles. The summed E-state index contributed by atoms with van der Waals surface area (Å²) in [6, 6.07) is 1.89. The Bertz CT molecular complexity index is 662. The zero-order valence-electron chi connectivity index (χ0n) is 14.3. The summed E-state index contributed by atoms with van der Waals surface area (Å²) in [5.41, 5.74) is 1.72. The van der Waals surface area contributed by atoms with Gasteiger partial charge in [0.1, 0.15) is 5.75 Å². The minimum absolute atomic E-state index is 0.0363. The second-order valence-corrected chi connectivity index (χ2v) is 7.40. The molecule has 0 aliphatic heterocycles. The van der Waals surface area contributed by atoms with Crippen LogP contribution in [0, 0.1) is 17.3 Å². The van der Waals surface area contributed by atoms with Crippen LogP contribution >= 0.6 is 0 Å². The maximum Gasteiger partial charge on any atom is 0.115 e. The third kappa shape index (κ3) is 1.80. The van der Waals surface area contributed by atoms with Crippen LogP contribution < -0.4 is 0 Å². The van der Waals surface area contributed by atoms with Crippen LogP contribution in [0.3, 0.4) is 0 Å². The normalized spacial score (nSPS) is 46.1. The summed E-state index contributed by atoms with van der Waals surface area (Å²) in [6.45, 7) is 2.10. The van der Waals surface area contributed by atoms with Crippen molar-refractivity contribution in [2.24, 2.45) is 17.3 Å². The maximum absolute atomic E-state index is 10.4. The van der Waals surface area contributed by atoms with E-state index >= 15 is 0 Å². The highest BCUT2D eigenvalue weighted by atomic mass is 16.3. The SMILES string of the molecule is [2H]c1cc2c(c([2H])c1O)CC[C@@H]1[C@@H]2CC[C@]2(C)[C@@H](O)[C@H](O)C[C@@H]12. The molecule has 2 fully saturated rings. The summed E-state index contributed by atoms with van der Waals surface area (Å²) >= 11 is 0. The van der Waals surface area contributed by atoms with Gasteiger partial charge in [-0.25, -0.2) is 0 Å². The molecule has 3 heteroatoms. The van der Waals surface area contributed by atoms with Crippen molar-refractivity contribution >= 4 is 0 Å². The van der Waals surface area contributed by atoms with Crippen LogP contribution in [0.4, 0.5) is 0 Å². The Labute approximate surface area is 128 Å². The molecule has 3 nitrogen and oxygen atoms in total. The van der Waals surface area contributed by atoms with Gasteiger partial charge in [-0.3, -0.25) is 0 Å². The van der Waals surface area contributed by atoms with E-state index in [-0.39, 0.29) is 35.1 Å². The number of fused-ring (bicyclic) bond motifs is 5. The van der Waals surface area contributed by atoms with Gasteiger partial charge in [0.15, 0.2) is 0 Å². The molecule has 0 amide bonds. The first-order valence-electron chi connectivity index (χ1n) is 9.02. The summed E-state index contributed by atoms with van der Waals surface area (Å²) in [5.74, 6) is 0.741. The molecule has 21 heavy (non-hydrogen) atoms.